The molecule has 0 saturated heterocycles. The number of aromatic hydroxyl groups is 6. The summed E-state index contributed by atoms with van der Waals surface area (Å²) < 4.78 is 0. The molecular formula is C30H34O6. The second-order valence-corrected chi connectivity index (χ2v) is 10.7. The molecule has 4 aromatic carbocycles. The van der Waals surface area contributed by atoms with Crippen LogP contribution >= 0.6 is 0 Å². The van der Waals surface area contributed by atoms with Crippen LogP contribution in [0.3, 0.4) is 0 Å². The van der Waals surface area contributed by atoms with E-state index in [0.717, 1.165) is 0 Å². The molecule has 0 fully saturated rings. The molecule has 0 amide bonds. The van der Waals surface area contributed by atoms with Gasteiger partial charge in [-0.3, -0.25) is 0 Å². The molecule has 0 aliphatic rings. The van der Waals surface area contributed by atoms with E-state index in [1.165, 1.54) is 12.1 Å². The molecule has 0 bridgehead atoms. The van der Waals surface area contributed by atoms with Crippen molar-refractivity contribution >= 4 is 21.5 Å². The molecule has 0 aromatic heterocycles. The van der Waals surface area contributed by atoms with Crippen LogP contribution in [0.2, 0.25) is 0 Å². The minimum absolute atomic E-state index is 0.117. The summed E-state index contributed by atoms with van der Waals surface area (Å²) in [6.07, 6.45) is 1.02. The first-order valence-corrected chi connectivity index (χ1v) is 12.2. The second kappa shape index (κ2) is 9.01. The first kappa shape index (κ1) is 25.3. The van der Waals surface area contributed by atoms with E-state index >= 15 is 0 Å². The quantitative estimate of drug-likeness (QED) is 0.169. The molecule has 4 aromatic rings. The first-order chi connectivity index (χ1) is 16.8. The fraction of sp³-hybridized carbons (Fsp3) is 0.333. The summed E-state index contributed by atoms with van der Waals surface area (Å²) in [7, 11) is 0. The van der Waals surface area contributed by atoms with Gasteiger partial charge in [0.2, 0.25) is 0 Å². The van der Waals surface area contributed by atoms with Gasteiger partial charge in [0.25, 0.3) is 0 Å². The van der Waals surface area contributed by atoms with Crippen molar-refractivity contribution in [2.75, 3.05) is 0 Å². The molecule has 0 atom stereocenters. The van der Waals surface area contributed by atoms with Crippen LogP contribution < -0.4 is 0 Å². The van der Waals surface area contributed by atoms with Crippen LogP contribution in [0.25, 0.3) is 32.7 Å². The summed E-state index contributed by atoms with van der Waals surface area (Å²) in [4.78, 5) is 0. The first-order valence-electron chi connectivity index (χ1n) is 12.2. The average Bonchev–Trinajstić information content (AvgIpc) is 2.78. The molecule has 6 N–H and O–H groups in total. The highest BCUT2D eigenvalue weighted by Crippen LogP contribution is 2.51. The van der Waals surface area contributed by atoms with Crippen LogP contribution in [-0.2, 0) is 12.8 Å². The third kappa shape index (κ3) is 4.00. The van der Waals surface area contributed by atoms with Gasteiger partial charge in [-0.2, -0.15) is 0 Å². The predicted molar refractivity (Wildman–Crippen MR) is 143 cm³/mol. The molecule has 0 aliphatic heterocycles. The fourth-order valence-corrected chi connectivity index (χ4v) is 5.26. The molecule has 0 unspecified atom stereocenters. The maximum atomic E-state index is 11.5. The van der Waals surface area contributed by atoms with E-state index in [-0.39, 0.29) is 46.3 Å². The summed E-state index contributed by atoms with van der Waals surface area (Å²) in [6.45, 7) is 11.7. The van der Waals surface area contributed by atoms with Gasteiger partial charge in [0.1, 0.15) is 11.5 Å². The van der Waals surface area contributed by atoms with Gasteiger partial charge < -0.3 is 30.6 Å². The number of phenols is 6. The van der Waals surface area contributed by atoms with Crippen LogP contribution in [-0.4, -0.2) is 30.6 Å². The Morgan fingerprint density at radius 2 is 0.833 bits per heavy atom. The van der Waals surface area contributed by atoms with Gasteiger partial charge in [0.05, 0.1) is 0 Å². The van der Waals surface area contributed by atoms with Crippen molar-refractivity contribution < 1.29 is 30.6 Å². The Bertz CT molecular complexity index is 1400. The molecule has 4 rings (SSSR count). The second-order valence-electron chi connectivity index (χ2n) is 10.7. The Kier molecular flexibility index (Phi) is 6.33. The third-order valence-electron chi connectivity index (χ3n) is 6.82. The Morgan fingerprint density at radius 3 is 1.14 bits per heavy atom. The molecule has 0 aliphatic carbocycles. The Labute approximate surface area is 210 Å². The summed E-state index contributed by atoms with van der Waals surface area (Å²) >= 11 is 0. The lowest BCUT2D eigenvalue weighted by molar-refractivity contribution is 0.398. The van der Waals surface area contributed by atoms with E-state index < -0.39 is 0 Å². The molecule has 6 nitrogen and oxygen atoms in total. The number of hydrogen-bond acceptors (Lipinski definition) is 6. The lowest BCUT2D eigenvalue weighted by Crippen LogP contribution is -1.99. The monoisotopic (exact) mass is 490 g/mol. The molecule has 0 radical (unpaired) electrons. The van der Waals surface area contributed by atoms with Crippen molar-refractivity contribution in [3.63, 3.8) is 0 Å². The van der Waals surface area contributed by atoms with Crippen LogP contribution in [0, 0.1) is 25.7 Å². The van der Waals surface area contributed by atoms with Crippen LogP contribution in [0.15, 0.2) is 24.3 Å². The number of phenolic OH excluding ortho intramolecular Hbond substituents is 6. The molecule has 0 spiro atoms. The molecule has 0 heterocycles. The van der Waals surface area contributed by atoms with Gasteiger partial charge in [-0.05, 0) is 72.6 Å². The molecular weight excluding hydrogens is 456 g/mol. The van der Waals surface area contributed by atoms with Crippen LogP contribution in [0.5, 0.6) is 34.5 Å². The van der Waals surface area contributed by atoms with E-state index in [9.17, 15) is 30.6 Å². The van der Waals surface area contributed by atoms with E-state index in [1.54, 1.807) is 0 Å². The normalized spacial score (nSPS) is 11.9. The predicted octanol–water partition coefficient (Wildman–Crippen LogP) is 6.91. The Balaban J connectivity index is 2.08. The van der Waals surface area contributed by atoms with Crippen molar-refractivity contribution in [2.45, 2.75) is 54.4 Å². The van der Waals surface area contributed by atoms with Crippen LogP contribution in [0.4, 0.5) is 0 Å². The number of benzene rings is 4. The maximum absolute atomic E-state index is 11.5. The highest BCUT2D eigenvalue weighted by molar-refractivity contribution is 6.05. The molecule has 0 saturated carbocycles. The number of aryl methyl sites for hydroxylation is 2. The van der Waals surface area contributed by atoms with E-state index in [4.69, 9.17) is 0 Å². The fourth-order valence-electron chi connectivity index (χ4n) is 5.26. The van der Waals surface area contributed by atoms with Gasteiger partial charge in [0.15, 0.2) is 23.0 Å². The third-order valence-corrected chi connectivity index (χ3v) is 6.82. The van der Waals surface area contributed by atoms with Crippen molar-refractivity contribution in [1.82, 2.24) is 0 Å². The lowest BCUT2D eigenvalue weighted by atomic mass is 9.86. The van der Waals surface area contributed by atoms with E-state index in [2.05, 4.69) is 0 Å². The summed E-state index contributed by atoms with van der Waals surface area (Å²) in [5.41, 5.74) is 3.28. The standard InChI is InChI=1S/C30H34O6/c1-13(2)7-19-17-9-15(5)25(29(35)21(17)11-23(31)27(19)33)26-16(6)10-18-20(8-14(3)4)28(34)24(32)12-22(18)30(26)36/h9-14,31-36H,7-8H2,1-6H3. The Hall–Kier alpha value is -3.80. The number of hydrogen-bond donors (Lipinski definition) is 6. The summed E-state index contributed by atoms with van der Waals surface area (Å²) in [6, 6.07) is 6.38. The topological polar surface area (TPSA) is 121 Å². The zero-order valence-electron chi connectivity index (χ0n) is 21.6. The van der Waals surface area contributed by atoms with Crippen molar-refractivity contribution in [3.05, 3.63) is 46.5 Å². The van der Waals surface area contributed by atoms with Gasteiger partial charge in [-0.15, -0.1) is 0 Å². The summed E-state index contributed by atoms with van der Waals surface area (Å²) in [5.74, 6) is -0.844. The molecule has 6 heteroatoms. The SMILES string of the molecule is Cc1cc2c(CC(C)C)c(O)c(O)cc2c(O)c1-c1c(C)cc2c(CC(C)C)c(O)c(O)cc2c1O. The smallest absolute Gasteiger partial charge is 0.161 e. The van der Waals surface area contributed by atoms with Crippen LogP contribution in [0.1, 0.15) is 49.9 Å². The van der Waals surface area contributed by atoms with Crippen molar-refractivity contribution in [1.29, 1.82) is 0 Å². The average molecular weight is 491 g/mol. The highest BCUT2D eigenvalue weighted by Gasteiger charge is 2.25. The largest absolute Gasteiger partial charge is 0.507 e. The maximum Gasteiger partial charge on any atom is 0.161 e. The Morgan fingerprint density at radius 1 is 0.500 bits per heavy atom. The minimum atomic E-state index is -0.318. The zero-order chi connectivity index (χ0) is 26.6. The van der Waals surface area contributed by atoms with Gasteiger partial charge in [-0.1, -0.05) is 39.8 Å². The van der Waals surface area contributed by atoms with E-state index in [1.807, 2.05) is 53.7 Å². The van der Waals surface area contributed by atoms with E-state index in [0.29, 0.717) is 67.8 Å². The van der Waals surface area contributed by atoms with Gasteiger partial charge >= 0.3 is 0 Å². The molecule has 190 valence electrons. The lowest BCUT2D eigenvalue weighted by Gasteiger charge is -2.21. The van der Waals surface area contributed by atoms with Gasteiger partial charge in [-0.25, -0.2) is 0 Å². The number of rotatable bonds is 5. The number of fused-ring (bicyclic) bond motifs is 2. The van der Waals surface area contributed by atoms with Crippen molar-refractivity contribution in [3.8, 4) is 45.6 Å². The van der Waals surface area contributed by atoms with Crippen molar-refractivity contribution in [2.24, 2.45) is 11.8 Å². The minimum Gasteiger partial charge on any atom is -0.507 e. The highest BCUT2D eigenvalue weighted by atomic mass is 16.3. The molecule has 36 heavy (non-hydrogen) atoms. The summed E-state index contributed by atoms with van der Waals surface area (Å²) in [5, 5.41) is 66.8. The zero-order valence-corrected chi connectivity index (χ0v) is 21.6. The van der Waals surface area contributed by atoms with Gasteiger partial charge in [0, 0.05) is 33.0 Å².